The van der Waals surface area contributed by atoms with Crippen LogP contribution in [0.2, 0.25) is 0 Å². The van der Waals surface area contributed by atoms with E-state index in [1.165, 1.54) is 0 Å². The van der Waals surface area contributed by atoms with Crippen molar-refractivity contribution in [2.24, 2.45) is 5.92 Å². The van der Waals surface area contributed by atoms with Gasteiger partial charge in [-0.15, -0.1) is 0 Å². The van der Waals surface area contributed by atoms with Crippen molar-refractivity contribution in [2.45, 2.75) is 26.3 Å². The largest absolute Gasteiger partial charge is 0.358 e. The van der Waals surface area contributed by atoms with E-state index in [4.69, 9.17) is 4.52 Å². The highest BCUT2D eigenvalue weighted by Gasteiger charge is 2.25. The van der Waals surface area contributed by atoms with Gasteiger partial charge >= 0.3 is 0 Å². The Bertz CT molecular complexity index is 1120. The first-order valence-electron chi connectivity index (χ1n) is 9.08. The molecule has 4 rings (SSSR count). The first-order valence-corrected chi connectivity index (χ1v) is 9.08. The van der Waals surface area contributed by atoms with Crippen molar-refractivity contribution in [1.29, 1.82) is 0 Å². The molecule has 0 aliphatic rings. The molecule has 3 aromatic heterocycles. The van der Waals surface area contributed by atoms with E-state index in [-0.39, 0.29) is 5.92 Å². The van der Waals surface area contributed by atoms with E-state index in [2.05, 4.69) is 30.4 Å². The Morgan fingerprint density at radius 3 is 2.45 bits per heavy atom. The number of pyridine rings is 1. The molecule has 0 amide bonds. The number of nitrogens with one attached hydrogen (secondary N) is 1. The summed E-state index contributed by atoms with van der Waals surface area (Å²) >= 11 is 0. The first kappa shape index (κ1) is 18.9. The van der Waals surface area contributed by atoms with Crippen molar-refractivity contribution in [3.8, 4) is 11.4 Å². The Labute approximate surface area is 165 Å². The fourth-order valence-electron chi connectivity index (χ4n) is 2.94. The molecular formula is C20H18F2N6O. The fraction of sp³-hybridized carbons (Fsp3) is 0.250. The molecule has 0 saturated heterocycles. The van der Waals surface area contributed by atoms with Gasteiger partial charge in [0.2, 0.25) is 11.7 Å². The van der Waals surface area contributed by atoms with Gasteiger partial charge < -0.3 is 9.84 Å². The quantitative estimate of drug-likeness (QED) is 0.500. The highest BCUT2D eigenvalue weighted by Crippen LogP contribution is 2.31. The van der Waals surface area contributed by atoms with Crippen LogP contribution in [-0.4, -0.2) is 25.1 Å². The minimum absolute atomic E-state index is 0.0180. The van der Waals surface area contributed by atoms with Gasteiger partial charge in [-0.3, -0.25) is 4.98 Å². The number of para-hydroxylation sites is 1. The minimum Gasteiger partial charge on any atom is -0.358 e. The zero-order valence-electron chi connectivity index (χ0n) is 15.8. The topological polar surface area (TPSA) is 89.6 Å². The molecule has 0 bridgehead atoms. The number of halogens is 2. The lowest BCUT2D eigenvalue weighted by Crippen LogP contribution is -2.19. The summed E-state index contributed by atoms with van der Waals surface area (Å²) in [7, 11) is 0. The van der Waals surface area contributed by atoms with Gasteiger partial charge in [0.15, 0.2) is 5.82 Å². The van der Waals surface area contributed by atoms with Crippen LogP contribution < -0.4 is 5.32 Å². The molecule has 3 heterocycles. The predicted octanol–water partition coefficient (Wildman–Crippen LogP) is 4.82. The number of aromatic nitrogens is 5. The van der Waals surface area contributed by atoms with Crippen LogP contribution in [0.25, 0.3) is 22.3 Å². The van der Waals surface area contributed by atoms with Gasteiger partial charge in [-0.05, 0) is 30.2 Å². The average Bonchev–Trinajstić information content (AvgIpc) is 3.21. The van der Waals surface area contributed by atoms with Crippen LogP contribution in [0, 0.1) is 5.92 Å². The molecular weight excluding hydrogens is 378 g/mol. The smallest absolute Gasteiger partial charge is 0.297 e. The van der Waals surface area contributed by atoms with E-state index < -0.39 is 18.3 Å². The summed E-state index contributed by atoms with van der Waals surface area (Å²) in [5, 5.41) is 7.87. The lowest BCUT2D eigenvalue weighted by atomic mass is 10.0. The zero-order valence-corrected chi connectivity index (χ0v) is 15.8. The van der Waals surface area contributed by atoms with Crippen molar-refractivity contribution >= 4 is 16.7 Å². The lowest BCUT2D eigenvalue weighted by molar-refractivity contribution is 0.141. The number of alkyl halides is 2. The summed E-state index contributed by atoms with van der Waals surface area (Å²) in [6.45, 7) is 3.93. The highest BCUT2D eigenvalue weighted by molar-refractivity contribution is 5.89. The maximum absolute atomic E-state index is 13.3. The molecule has 7 nitrogen and oxygen atoms in total. The Hall–Kier alpha value is -3.49. The van der Waals surface area contributed by atoms with Crippen LogP contribution in [0.1, 0.15) is 38.0 Å². The molecule has 0 spiro atoms. The van der Waals surface area contributed by atoms with Crippen LogP contribution in [0.5, 0.6) is 0 Å². The molecule has 29 heavy (non-hydrogen) atoms. The number of hydrogen-bond donors (Lipinski definition) is 1. The van der Waals surface area contributed by atoms with E-state index in [1.807, 2.05) is 13.8 Å². The number of fused-ring (bicyclic) bond motifs is 1. The second kappa shape index (κ2) is 7.86. The van der Waals surface area contributed by atoms with Gasteiger partial charge in [0.1, 0.15) is 11.9 Å². The molecule has 4 aromatic rings. The third-order valence-corrected chi connectivity index (χ3v) is 4.42. The Morgan fingerprint density at radius 2 is 1.72 bits per heavy atom. The van der Waals surface area contributed by atoms with E-state index >= 15 is 0 Å². The van der Waals surface area contributed by atoms with Gasteiger partial charge in [0.25, 0.3) is 6.43 Å². The summed E-state index contributed by atoms with van der Waals surface area (Å²) in [4.78, 5) is 16.4. The molecule has 0 aliphatic carbocycles. The molecule has 1 unspecified atom stereocenters. The first-order chi connectivity index (χ1) is 14.0. The third kappa shape index (κ3) is 3.89. The Kier molecular flexibility index (Phi) is 5.11. The molecule has 0 saturated carbocycles. The molecule has 148 valence electrons. The van der Waals surface area contributed by atoms with Crippen molar-refractivity contribution in [1.82, 2.24) is 25.1 Å². The van der Waals surface area contributed by atoms with Crippen LogP contribution in [0.3, 0.4) is 0 Å². The molecule has 1 N–H and O–H groups in total. The minimum atomic E-state index is -2.78. The maximum Gasteiger partial charge on any atom is 0.297 e. The van der Waals surface area contributed by atoms with Crippen molar-refractivity contribution in [3.63, 3.8) is 0 Å². The number of nitrogens with zero attached hydrogens (tertiary/aromatic N) is 5. The van der Waals surface area contributed by atoms with E-state index in [0.717, 1.165) is 5.56 Å². The van der Waals surface area contributed by atoms with Gasteiger partial charge in [0, 0.05) is 23.3 Å². The number of rotatable bonds is 6. The van der Waals surface area contributed by atoms with Crippen LogP contribution in [-0.2, 0) is 0 Å². The second-order valence-electron chi connectivity index (χ2n) is 6.81. The summed E-state index contributed by atoms with van der Waals surface area (Å²) in [5.74, 6) is 0.554. The van der Waals surface area contributed by atoms with E-state index in [9.17, 15) is 8.78 Å². The number of anilines is 1. The second-order valence-corrected chi connectivity index (χ2v) is 6.81. The number of hydrogen-bond acceptors (Lipinski definition) is 7. The Morgan fingerprint density at radius 1 is 0.966 bits per heavy atom. The van der Waals surface area contributed by atoms with E-state index in [0.29, 0.717) is 28.4 Å². The van der Waals surface area contributed by atoms with Gasteiger partial charge in [-0.1, -0.05) is 31.1 Å². The molecule has 1 atom stereocenters. The molecule has 1 aromatic carbocycles. The fourth-order valence-corrected chi connectivity index (χ4v) is 2.94. The normalized spacial score (nSPS) is 12.6. The standard InChI is InChI=1S/C20H18F2N6O/c1-11(2)15(20-27-17(28-29-20)12-7-9-23-10-8-12)25-18-13-5-3-4-6-14(13)24-19(26-18)16(21)22/h3-11,15-16H,1-2H3,(H,24,25,26). The van der Waals surface area contributed by atoms with Crippen molar-refractivity contribution < 1.29 is 13.3 Å². The molecule has 9 heteroatoms. The van der Waals surface area contributed by atoms with Crippen LogP contribution >= 0.6 is 0 Å². The highest BCUT2D eigenvalue weighted by atomic mass is 19.3. The number of benzene rings is 1. The van der Waals surface area contributed by atoms with Crippen molar-refractivity contribution in [3.05, 3.63) is 60.5 Å². The van der Waals surface area contributed by atoms with Crippen LogP contribution in [0.15, 0.2) is 53.3 Å². The average molecular weight is 396 g/mol. The lowest BCUT2D eigenvalue weighted by Gasteiger charge is -2.20. The molecule has 0 radical (unpaired) electrons. The van der Waals surface area contributed by atoms with Crippen LogP contribution in [0.4, 0.5) is 14.6 Å². The summed E-state index contributed by atoms with van der Waals surface area (Å²) in [5.41, 5.74) is 1.20. The maximum atomic E-state index is 13.3. The van der Waals surface area contributed by atoms with E-state index in [1.54, 1.807) is 48.8 Å². The summed E-state index contributed by atoms with van der Waals surface area (Å²) < 4.78 is 32.0. The monoisotopic (exact) mass is 396 g/mol. The predicted molar refractivity (Wildman–Crippen MR) is 103 cm³/mol. The Balaban J connectivity index is 1.72. The van der Waals surface area contributed by atoms with Gasteiger partial charge in [-0.25, -0.2) is 18.7 Å². The summed E-state index contributed by atoms with van der Waals surface area (Å²) in [6.07, 6.45) is 0.504. The zero-order chi connectivity index (χ0) is 20.4. The third-order valence-electron chi connectivity index (χ3n) is 4.42. The summed E-state index contributed by atoms with van der Waals surface area (Å²) in [6, 6.07) is 10.1. The van der Waals surface area contributed by atoms with Crippen molar-refractivity contribution in [2.75, 3.05) is 5.32 Å². The van der Waals surface area contributed by atoms with Gasteiger partial charge in [-0.2, -0.15) is 4.98 Å². The molecule has 0 fully saturated rings. The molecule has 0 aliphatic heterocycles. The van der Waals surface area contributed by atoms with Gasteiger partial charge in [0.05, 0.1) is 5.52 Å². The SMILES string of the molecule is CC(C)C(Nc1nc(C(F)F)nc2ccccc12)c1nc(-c2ccncc2)no1.